The Hall–Kier alpha value is -7.79. The Bertz CT molecular complexity index is 3650. The molecule has 0 aliphatic carbocycles. The highest BCUT2D eigenvalue weighted by Crippen LogP contribution is 2.47. The molecule has 0 bridgehead atoms. The lowest BCUT2D eigenvalue weighted by Crippen LogP contribution is -2.01. The summed E-state index contributed by atoms with van der Waals surface area (Å²) >= 11 is 1.85. The summed E-state index contributed by atoms with van der Waals surface area (Å²) < 4.78 is 2.46. The van der Waals surface area contributed by atoms with E-state index in [1.54, 1.807) is 0 Å². The SMILES string of the molecule is c1ccc(-c2cccc(-c3nc(-c4ccc5ccccc5c4)nc(-c4cc5sc6c(-c7ccc(-c8ccccc8)c8ccccc78)cccc6c5c5ccccc45)n3)c2)cc1. The van der Waals surface area contributed by atoms with Crippen molar-refractivity contribution in [2.24, 2.45) is 0 Å². The lowest BCUT2D eigenvalue weighted by Gasteiger charge is -2.13. The van der Waals surface area contributed by atoms with Gasteiger partial charge in [-0.2, -0.15) is 0 Å². The number of thiophene rings is 1. The van der Waals surface area contributed by atoms with Crippen LogP contribution in [0.2, 0.25) is 0 Å². The smallest absolute Gasteiger partial charge is 0.164 e. The third-order valence-corrected chi connectivity index (χ3v) is 13.1. The van der Waals surface area contributed by atoms with Crippen LogP contribution >= 0.6 is 11.3 Å². The standard InChI is InChI=1S/C57H35N3S/c1-3-15-36(16-4-1)40-21-13-22-41(33-40)55-58-56(42-30-29-37-17-7-8-20-39(37)34-42)60-57(59-55)51-35-52-53(48-26-12-11-25-46(48)51)50-28-14-27-49(54(50)61-52)47-32-31-43(38-18-5-2-6-19-38)44-23-9-10-24-45(44)47/h1-35H. The van der Waals surface area contributed by atoms with E-state index in [0.29, 0.717) is 17.5 Å². The van der Waals surface area contributed by atoms with Crippen molar-refractivity contribution < 1.29 is 0 Å². The van der Waals surface area contributed by atoms with E-state index in [4.69, 9.17) is 15.0 Å². The molecule has 12 rings (SSSR count). The minimum atomic E-state index is 0.638. The molecule has 0 fully saturated rings. The summed E-state index contributed by atoms with van der Waals surface area (Å²) in [6.45, 7) is 0. The second-order valence-electron chi connectivity index (χ2n) is 15.5. The minimum absolute atomic E-state index is 0.638. The van der Waals surface area contributed by atoms with Gasteiger partial charge < -0.3 is 0 Å². The van der Waals surface area contributed by atoms with Crippen LogP contribution < -0.4 is 0 Å². The second-order valence-corrected chi connectivity index (χ2v) is 16.6. The van der Waals surface area contributed by atoms with E-state index in [0.717, 1.165) is 38.6 Å². The van der Waals surface area contributed by atoms with E-state index in [-0.39, 0.29) is 0 Å². The van der Waals surface area contributed by atoms with Crippen LogP contribution in [0.3, 0.4) is 0 Å². The number of hydrogen-bond donors (Lipinski definition) is 0. The van der Waals surface area contributed by atoms with Gasteiger partial charge in [0, 0.05) is 42.4 Å². The third kappa shape index (κ3) is 6.07. The zero-order valence-electron chi connectivity index (χ0n) is 33.0. The van der Waals surface area contributed by atoms with Gasteiger partial charge in [-0.1, -0.05) is 194 Å². The average Bonchev–Trinajstić information content (AvgIpc) is 3.73. The third-order valence-electron chi connectivity index (χ3n) is 11.9. The normalized spacial score (nSPS) is 11.6. The molecule has 284 valence electrons. The molecule has 0 amide bonds. The molecule has 0 N–H and O–H groups in total. The minimum Gasteiger partial charge on any atom is -0.208 e. The molecular formula is C57H35N3S. The molecule has 0 spiro atoms. The fourth-order valence-corrected chi connectivity index (χ4v) is 10.3. The van der Waals surface area contributed by atoms with Crippen molar-refractivity contribution in [2.45, 2.75) is 0 Å². The summed E-state index contributed by atoms with van der Waals surface area (Å²) in [5.74, 6) is 1.93. The molecule has 2 aromatic heterocycles. The van der Waals surface area contributed by atoms with Crippen molar-refractivity contribution in [1.29, 1.82) is 0 Å². The number of nitrogens with zero attached hydrogens (tertiary/aromatic N) is 3. The second kappa shape index (κ2) is 14.5. The first-order valence-electron chi connectivity index (χ1n) is 20.6. The largest absolute Gasteiger partial charge is 0.208 e. The molecule has 0 saturated heterocycles. The van der Waals surface area contributed by atoms with Crippen LogP contribution in [0.1, 0.15) is 0 Å². The molecule has 12 aromatic rings. The molecule has 0 saturated carbocycles. The van der Waals surface area contributed by atoms with E-state index in [1.807, 2.05) is 17.4 Å². The van der Waals surface area contributed by atoms with Gasteiger partial charge in [0.05, 0.1) is 0 Å². The molecule has 0 radical (unpaired) electrons. The zero-order valence-corrected chi connectivity index (χ0v) is 33.8. The molecule has 2 heterocycles. The number of benzene rings is 10. The summed E-state index contributed by atoms with van der Waals surface area (Å²) in [4.78, 5) is 15.8. The van der Waals surface area contributed by atoms with Crippen LogP contribution in [0.25, 0.3) is 120 Å². The molecule has 4 heteroatoms. The average molecular weight is 794 g/mol. The van der Waals surface area contributed by atoms with Crippen molar-refractivity contribution in [2.75, 3.05) is 0 Å². The highest BCUT2D eigenvalue weighted by molar-refractivity contribution is 7.26. The summed E-state index contributed by atoms with van der Waals surface area (Å²) in [5.41, 5.74) is 10.1. The zero-order chi connectivity index (χ0) is 40.3. The van der Waals surface area contributed by atoms with Crippen LogP contribution in [0.15, 0.2) is 212 Å². The topological polar surface area (TPSA) is 38.7 Å². The van der Waals surface area contributed by atoms with Gasteiger partial charge in [-0.3, -0.25) is 0 Å². The Balaban J connectivity index is 1.08. The monoisotopic (exact) mass is 793 g/mol. The predicted molar refractivity (Wildman–Crippen MR) is 258 cm³/mol. The number of hydrogen-bond acceptors (Lipinski definition) is 4. The number of rotatable bonds is 6. The van der Waals surface area contributed by atoms with E-state index < -0.39 is 0 Å². The summed E-state index contributed by atoms with van der Waals surface area (Å²) in [6.07, 6.45) is 0. The van der Waals surface area contributed by atoms with Crippen molar-refractivity contribution in [3.05, 3.63) is 212 Å². The molecule has 0 atom stereocenters. The maximum atomic E-state index is 5.32. The van der Waals surface area contributed by atoms with Gasteiger partial charge in [-0.15, -0.1) is 11.3 Å². The van der Waals surface area contributed by atoms with Gasteiger partial charge in [0.1, 0.15) is 0 Å². The number of fused-ring (bicyclic) bond motifs is 7. The summed E-state index contributed by atoms with van der Waals surface area (Å²) in [7, 11) is 0. The first-order chi connectivity index (χ1) is 30.2. The molecule has 61 heavy (non-hydrogen) atoms. The Labute approximate surface area is 356 Å². The van der Waals surface area contributed by atoms with Crippen LogP contribution in [0, 0.1) is 0 Å². The molecule has 3 nitrogen and oxygen atoms in total. The van der Waals surface area contributed by atoms with E-state index in [9.17, 15) is 0 Å². The summed E-state index contributed by atoms with van der Waals surface area (Å²) in [6, 6.07) is 75.7. The molecule has 0 unspecified atom stereocenters. The first kappa shape index (κ1) is 35.2. The van der Waals surface area contributed by atoms with Crippen molar-refractivity contribution in [1.82, 2.24) is 15.0 Å². The fraction of sp³-hybridized carbons (Fsp3) is 0. The van der Waals surface area contributed by atoms with E-state index in [1.165, 1.54) is 64.0 Å². The predicted octanol–water partition coefficient (Wildman–Crippen LogP) is 15.7. The maximum absolute atomic E-state index is 5.32. The number of aromatic nitrogens is 3. The molecular weight excluding hydrogens is 759 g/mol. The molecule has 0 aliphatic rings. The van der Waals surface area contributed by atoms with Crippen LogP contribution in [-0.4, -0.2) is 15.0 Å². The highest BCUT2D eigenvalue weighted by atomic mass is 32.1. The van der Waals surface area contributed by atoms with Crippen LogP contribution in [0.4, 0.5) is 0 Å². The van der Waals surface area contributed by atoms with Gasteiger partial charge in [0.2, 0.25) is 0 Å². The van der Waals surface area contributed by atoms with Crippen LogP contribution in [0.5, 0.6) is 0 Å². The Morgan fingerprint density at radius 2 is 0.820 bits per heavy atom. The Kier molecular flexibility index (Phi) is 8.36. The maximum Gasteiger partial charge on any atom is 0.164 e. The van der Waals surface area contributed by atoms with Crippen molar-refractivity contribution in [3.8, 4) is 67.5 Å². The lowest BCUT2D eigenvalue weighted by molar-refractivity contribution is 1.08. The van der Waals surface area contributed by atoms with Crippen molar-refractivity contribution in [3.63, 3.8) is 0 Å². The fourth-order valence-electron chi connectivity index (χ4n) is 9.01. The lowest BCUT2D eigenvalue weighted by atomic mass is 9.91. The molecule has 0 aliphatic heterocycles. The Morgan fingerprint density at radius 3 is 1.59 bits per heavy atom. The van der Waals surface area contributed by atoms with Crippen molar-refractivity contribution >= 4 is 63.8 Å². The van der Waals surface area contributed by atoms with Crippen LogP contribution in [-0.2, 0) is 0 Å². The van der Waals surface area contributed by atoms with Gasteiger partial charge in [-0.25, -0.2) is 15.0 Å². The summed E-state index contributed by atoms with van der Waals surface area (Å²) in [5, 5.41) is 9.62. The molecule has 10 aromatic carbocycles. The Morgan fingerprint density at radius 1 is 0.279 bits per heavy atom. The highest BCUT2D eigenvalue weighted by Gasteiger charge is 2.20. The van der Waals surface area contributed by atoms with Gasteiger partial charge in [0.25, 0.3) is 0 Å². The van der Waals surface area contributed by atoms with Gasteiger partial charge in [0.15, 0.2) is 17.5 Å². The first-order valence-corrected chi connectivity index (χ1v) is 21.4. The van der Waals surface area contributed by atoms with Gasteiger partial charge in [-0.05, 0) is 78.3 Å². The van der Waals surface area contributed by atoms with Gasteiger partial charge >= 0.3 is 0 Å². The van der Waals surface area contributed by atoms with E-state index in [2.05, 4.69) is 206 Å². The quantitative estimate of drug-likeness (QED) is 0.168. The van der Waals surface area contributed by atoms with E-state index >= 15 is 0 Å².